The number of piperidine rings is 1. The van der Waals surface area contributed by atoms with Crippen LogP contribution < -0.4 is 5.73 Å². The summed E-state index contributed by atoms with van der Waals surface area (Å²) in [6.07, 6.45) is 1.37. The number of nitrogens with two attached hydrogens (primary N) is 1. The molecule has 0 aliphatic carbocycles. The van der Waals surface area contributed by atoms with E-state index in [0.29, 0.717) is 19.4 Å². The van der Waals surface area contributed by atoms with Crippen LogP contribution in [0.1, 0.15) is 30.1 Å². The van der Waals surface area contributed by atoms with Gasteiger partial charge in [-0.1, -0.05) is 6.07 Å². The molecule has 0 aromatic heterocycles. The maximum absolute atomic E-state index is 13.6. The molecule has 0 saturated carbocycles. The van der Waals surface area contributed by atoms with Crippen molar-refractivity contribution in [3.05, 3.63) is 35.4 Å². The molecular weight excluding hydrogens is 238 g/mol. The van der Waals surface area contributed by atoms with E-state index in [9.17, 15) is 13.6 Å². The Bertz CT molecular complexity index is 464. The van der Waals surface area contributed by atoms with Crippen LogP contribution in [0.4, 0.5) is 8.78 Å². The predicted octanol–water partition coefficient (Wildman–Crippen LogP) is 1.92. The van der Waals surface area contributed by atoms with Crippen molar-refractivity contribution < 1.29 is 13.6 Å². The fourth-order valence-electron chi connectivity index (χ4n) is 2.33. The third-order valence-corrected chi connectivity index (χ3v) is 3.36. The van der Waals surface area contributed by atoms with Gasteiger partial charge in [-0.05, 0) is 31.9 Å². The van der Waals surface area contributed by atoms with E-state index in [1.165, 1.54) is 12.1 Å². The quantitative estimate of drug-likeness (QED) is 0.832. The highest BCUT2D eigenvalue weighted by Gasteiger charge is 2.29. The fourth-order valence-corrected chi connectivity index (χ4v) is 2.33. The van der Waals surface area contributed by atoms with Crippen molar-refractivity contribution in [3.63, 3.8) is 0 Å². The Morgan fingerprint density at radius 2 is 2.17 bits per heavy atom. The Kier molecular flexibility index (Phi) is 3.61. The van der Waals surface area contributed by atoms with Crippen LogP contribution in [0, 0.1) is 11.6 Å². The summed E-state index contributed by atoms with van der Waals surface area (Å²) in [5, 5.41) is 0. The normalized spacial score (nSPS) is 24.1. The molecule has 1 aromatic carbocycles. The van der Waals surface area contributed by atoms with E-state index < -0.39 is 17.5 Å². The van der Waals surface area contributed by atoms with Gasteiger partial charge in [-0.15, -0.1) is 0 Å². The standard InChI is InChI=1S/C13H16F2N2O/c1-8-7-9(16)5-6-17(8)13(18)10-3-2-4-11(14)12(10)15/h2-4,8-9H,5-7,16H2,1H3. The molecule has 2 atom stereocenters. The molecule has 0 bridgehead atoms. The zero-order valence-corrected chi connectivity index (χ0v) is 10.2. The van der Waals surface area contributed by atoms with Gasteiger partial charge in [0.1, 0.15) is 0 Å². The van der Waals surface area contributed by atoms with E-state index in [1.54, 1.807) is 4.90 Å². The van der Waals surface area contributed by atoms with Crippen molar-refractivity contribution in [1.82, 2.24) is 4.90 Å². The van der Waals surface area contributed by atoms with E-state index >= 15 is 0 Å². The molecule has 2 rings (SSSR count). The lowest BCUT2D eigenvalue weighted by Gasteiger charge is -2.36. The van der Waals surface area contributed by atoms with Crippen molar-refractivity contribution in [2.24, 2.45) is 5.73 Å². The molecule has 2 N–H and O–H groups in total. The number of carbonyl (C=O) groups excluding carboxylic acids is 1. The Labute approximate surface area is 105 Å². The number of rotatable bonds is 1. The highest BCUT2D eigenvalue weighted by molar-refractivity contribution is 5.94. The summed E-state index contributed by atoms with van der Waals surface area (Å²) < 4.78 is 26.7. The minimum atomic E-state index is -1.08. The third kappa shape index (κ3) is 2.36. The molecule has 1 amide bonds. The highest BCUT2D eigenvalue weighted by Crippen LogP contribution is 2.21. The van der Waals surface area contributed by atoms with Crippen molar-refractivity contribution in [2.75, 3.05) is 6.54 Å². The number of amides is 1. The molecule has 98 valence electrons. The zero-order valence-electron chi connectivity index (χ0n) is 10.2. The van der Waals surface area contributed by atoms with Crippen molar-refractivity contribution in [1.29, 1.82) is 0 Å². The van der Waals surface area contributed by atoms with Gasteiger partial charge < -0.3 is 10.6 Å². The smallest absolute Gasteiger partial charge is 0.257 e. The summed E-state index contributed by atoms with van der Waals surface area (Å²) in [6.45, 7) is 2.35. The topological polar surface area (TPSA) is 46.3 Å². The van der Waals surface area contributed by atoms with Gasteiger partial charge in [0.25, 0.3) is 5.91 Å². The minimum Gasteiger partial charge on any atom is -0.336 e. The fraction of sp³-hybridized carbons (Fsp3) is 0.462. The molecule has 3 nitrogen and oxygen atoms in total. The van der Waals surface area contributed by atoms with Crippen LogP contribution in [0.15, 0.2) is 18.2 Å². The van der Waals surface area contributed by atoms with Crippen LogP contribution in [0.5, 0.6) is 0 Å². The summed E-state index contributed by atoms with van der Waals surface area (Å²) in [4.78, 5) is 13.7. The second-order valence-electron chi connectivity index (χ2n) is 4.73. The van der Waals surface area contributed by atoms with Gasteiger partial charge in [0.15, 0.2) is 11.6 Å². The molecule has 1 aliphatic rings. The first kappa shape index (κ1) is 13.0. The molecule has 0 radical (unpaired) electrons. The molecule has 1 heterocycles. The summed E-state index contributed by atoms with van der Waals surface area (Å²) >= 11 is 0. The molecule has 2 unspecified atom stereocenters. The Hall–Kier alpha value is -1.49. The van der Waals surface area contributed by atoms with Gasteiger partial charge in [0.2, 0.25) is 0 Å². The summed E-state index contributed by atoms with van der Waals surface area (Å²) in [7, 11) is 0. The highest BCUT2D eigenvalue weighted by atomic mass is 19.2. The van der Waals surface area contributed by atoms with Gasteiger partial charge in [-0.25, -0.2) is 8.78 Å². The largest absolute Gasteiger partial charge is 0.336 e. The van der Waals surface area contributed by atoms with Crippen molar-refractivity contribution in [2.45, 2.75) is 31.8 Å². The first-order valence-corrected chi connectivity index (χ1v) is 6.01. The Morgan fingerprint density at radius 3 is 2.83 bits per heavy atom. The first-order valence-electron chi connectivity index (χ1n) is 6.01. The summed E-state index contributed by atoms with van der Waals surface area (Å²) in [5.74, 6) is -2.54. The van der Waals surface area contributed by atoms with Crippen molar-refractivity contribution in [3.8, 4) is 0 Å². The lowest BCUT2D eigenvalue weighted by molar-refractivity contribution is 0.0613. The van der Waals surface area contributed by atoms with Crippen LogP contribution in [-0.2, 0) is 0 Å². The number of benzene rings is 1. The SMILES string of the molecule is CC1CC(N)CCN1C(=O)c1cccc(F)c1F. The number of carbonyl (C=O) groups is 1. The number of hydrogen-bond donors (Lipinski definition) is 1. The van der Waals surface area contributed by atoms with E-state index in [1.807, 2.05) is 6.92 Å². The van der Waals surface area contributed by atoms with Gasteiger partial charge in [-0.3, -0.25) is 4.79 Å². The van der Waals surface area contributed by atoms with Crippen molar-refractivity contribution >= 4 is 5.91 Å². The average molecular weight is 254 g/mol. The summed E-state index contributed by atoms with van der Waals surface area (Å²) in [5.41, 5.74) is 5.60. The van der Waals surface area contributed by atoms with Gasteiger partial charge in [0, 0.05) is 18.6 Å². The zero-order chi connectivity index (χ0) is 13.3. The monoisotopic (exact) mass is 254 g/mol. The molecule has 0 spiro atoms. The first-order chi connectivity index (χ1) is 8.50. The Balaban J connectivity index is 2.23. The third-order valence-electron chi connectivity index (χ3n) is 3.36. The number of likely N-dealkylation sites (tertiary alicyclic amines) is 1. The lowest BCUT2D eigenvalue weighted by Crippen LogP contribution is -2.48. The predicted molar refractivity (Wildman–Crippen MR) is 64.1 cm³/mol. The van der Waals surface area contributed by atoms with Gasteiger partial charge in [0.05, 0.1) is 5.56 Å². The molecular formula is C13H16F2N2O. The average Bonchev–Trinajstić information content (AvgIpc) is 2.32. The van der Waals surface area contributed by atoms with Crippen LogP contribution in [-0.4, -0.2) is 29.4 Å². The molecule has 1 fully saturated rings. The van der Waals surface area contributed by atoms with E-state index in [2.05, 4.69) is 0 Å². The molecule has 1 aliphatic heterocycles. The van der Waals surface area contributed by atoms with Gasteiger partial charge in [-0.2, -0.15) is 0 Å². The maximum Gasteiger partial charge on any atom is 0.257 e. The van der Waals surface area contributed by atoms with E-state index in [0.717, 1.165) is 6.07 Å². The molecule has 5 heteroatoms. The molecule has 1 aromatic rings. The number of hydrogen-bond acceptors (Lipinski definition) is 2. The molecule has 1 saturated heterocycles. The maximum atomic E-state index is 13.6. The van der Waals surface area contributed by atoms with Crippen LogP contribution in [0.2, 0.25) is 0 Å². The lowest BCUT2D eigenvalue weighted by atomic mass is 9.98. The van der Waals surface area contributed by atoms with E-state index in [4.69, 9.17) is 5.73 Å². The second-order valence-corrected chi connectivity index (χ2v) is 4.73. The summed E-state index contributed by atoms with van der Waals surface area (Å²) in [6, 6.07) is 3.67. The minimum absolute atomic E-state index is 0.0519. The van der Waals surface area contributed by atoms with E-state index in [-0.39, 0.29) is 17.6 Å². The van der Waals surface area contributed by atoms with Crippen LogP contribution in [0.25, 0.3) is 0 Å². The van der Waals surface area contributed by atoms with Crippen LogP contribution in [0.3, 0.4) is 0 Å². The molecule has 18 heavy (non-hydrogen) atoms. The Morgan fingerprint density at radius 1 is 1.44 bits per heavy atom. The van der Waals surface area contributed by atoms with Gasteiger partial charge >= 0.3 is 0 Å². The number of halogens is 2. The number of nitrogens with zero attached hydrogens (tertiary/aromatic N) is 1. The second kappa shape index (κ2) is 5.02. The van der Waals surface area contributed by atoms with Crippen LogP contribution >= 0.6 is 0 Å².